The van der Waals surface area contributed by atoms with Gasteiger partial charge in [-0.15, -0.1) is 0 Å². The van der Waals surface area contributed by atoms with Crippen LogP contribution in [-0.2, 0) is 0 Å². The number of carbonyl (C=O) groups excluding carboxylic acids is 2. The van der Waals surface area contributed by atoms with Gasteiger partial charge in [0.15, 0.2) is 11.5 Å². The van der Waals surface area contributed by atoms with E-state index in [0.29, 0.717) is 34.7 Å². The van der Waals surface area contributed by atoms with E-state index in [1.165, 1.54) is 11.2 Å². The number of aliphatic hydroxyl groups excluding tert-OH is 1. The smallest absolute Gasteiger partial charge is 0.261 e. The van der Waals surface area contributed by atoms with E-state index in [0.717, 1.165) is 32.1 Å². The van der Waals surface area contributed by atoms with Crippen LogP contribution in [0.3, 0.4) is 0 Å². The Bertz CT molecular complexity index is 1070. The zero-order valence-corrected chi connectivity index (χ0v) is 17.4. The molecule has 3 heterocycles. The van der Waals surface area contributed by atoms with Gasteiger partial charge in [-0.2, -0.15) is 0 Å². The molecule has 0 aliphatic carbocycles. The number of fused-ring (bicyclic) bond motifs is 2. The van der Waals surface area contributed by atoms with E-state index in [4.69, 9.17) is 5.73 Å². The fourth-order valence-electron chi connectivity index (χ4n) is 4.14. The summed E-state index contributed by atoms with van der Waals surface area (Å²) >= 11 is 0. The molecule has 31 heavy (non-hydrogen) atoms. The highest BCUT2D eigenvalue weighted by molar-refractivity contribution is 6.21. The lowest BCUT2D eigenvalue weighted by Crippen LogP contribution is -2.30. The first kappa shape index (κ1) is 20.9. The Hall–Kier alpha value is -3.33. The molecule has 0 unspecified atom stereocenters. The summed E-state index contributed by atoms with van der Waals surface area (Å²) in [5.41, 5.74) is 7.99. The number of unbranched alkanes of at least 4 members (excludes halogenated alkanes) is 3. The standard InChI is InChI=1S/C22H26N6O3/c1-14(29)17(28-13-26-18-19(23)24-12-25-20(18)28)10-4-2-3-7-11-27-21(30)15-8-5-6-9-16(15)22(27)31/h5-6,8-9,12-14,17,29H,2-4,7,10-11H2,1H3,(H2,23,24,25)/t14-,17+/m0/s1. The molecule has 2 aromatic heterocycles. The highest BCUT2D eigenvalue weighted by Gasteiger charge is 2.34. The summed E-state index contributed by atoms with van der Waals surface area (Å²) in [7, 11) is 0. The van der Waals surface area contributed by atoms with Gasteiger partial charge >= 0.3 is 0 Å². The minimum Gasteiger partial charge on any atom is -0.391 e. The first-order valence-corrected chi connectivity index (χ1v) is 10.6. The lowest BCUT2D eigenvalue weighted by molar-refractivity contribution is 0.0651. The van der Waals surface area contributed by atoms with Crippen molar-refractivity contribution in [3.05, 3.63) is 48.0 Å². The minimum atomic E-state index is -0.577. The molecule has 4 rings (SSSR count). The third kappa shape index (κ3) is 4.00. The van der Waals surface area contributed by atoms with Crippen molar-refractivity contribution in [2.75, 3.05) is 12.3 Å². The maximum absolute atomic E-state index is 12.4. The Morgan fingerprint density at radius 3 is 2.35 bits per heavy atom. The molecule has 0 saturated heterocycles. The van der Waals surface area contributed by atoms with Crippen molar-refractivity contribution < 1.29 is 14.7 Å². The summed E-state index contributed by atoms with van der Waals surface area (Å²) in [6.45, 7) is 2.18. The molecule has 3 aromatic rings. The van der Waals surface area contributed by atoms with E-state index in [9.17, 15) is 14.7 Å². The van der Waals surface area contributed by atoms with Crippen LogP contribution in [0.5, 0.6) is 0 Å². The van der Waals surface area contributed by atoms with Crippen molar-refractivity contribution in [1.82, 2.24) is 24.4 Å². The fraction of sp³-hybridized carbons (Fsp3) is 0.409. The zero-order valence-electron chi connectivity index (χ0n) is 17.4. The predicted octanol–water partition coefficient (Wildman–Crippen LogP) is 2.58. The molecule has 0 bridgehead atoms. The first-order chi connectivity index (χ1) is 15.0. The second-order valence-corrected chi connectivity index (χ2v) is 7.90. The van der Waals surface area contributed by atoms with E-state index in [1.54, 1.807) is 37.5 Å². The number of nitrogens with two attached hydrogens (primary N) is 1. The van der Waals surface area contributed by atoms with Crippen LogP contribution in [0.2, 0.25) is 0 Å². The van der Waals surface area contributed by atoms with Crippen molar-refractivity contribution in [3.63, 3.8) is 0 Å². The van der Waals surface area contributed by atoms with Crippen LogP contribution in [0, 0.1) is 0 Å². The highest BCUT2D eigenvalue weighted by atomic mass is 16.3. The maximum atomic E-state index is 12.4. The van der Waals surface area contributed by atoms with Crippen LogP contribution in [0.25, 0.3) is 11.2 Å². The summed E-state index contributed by atoms with van der Waals surface area (Å²) in [4.78, 5) is 38.7. The number of carbonyl (C=O) groups is 2. The second kappa shape index (κ2) is 8.81. The number of imidazole rings is 1. The van der Waals surface area contributed by atoms with Crippen molar-refractivity contribution in [1.29, 1.82) is 0 Å². The molecule has 1 aliphatic heterocycles. The van der Waals surface area contributed by atoms with Gasteiger partial charge < -0.3 is 15.4 Å². The number of amides is 2. The van der Waals surface area contributed by atoms with Gasteiger partial charge in [-0.3, -0.25) is 14.5 Å². The lowest BCUT2D eigenvalue weighted by atomic mass is 10.0. The lowest BCUT2D eigenvalue weighted by Gasteiger charge is -2.22. The van der Waals surface area contributed by atoms with Gasteiger partial charge in [0, 0.05) is 6.54 Å². The highest BCUT2D eigenvalue weighted by Crippen LogP contribution is 2.26. The molecule has 0 saturated carbocycles. The van der Waals surface area contributed by atoms with Gasteiger partial charge in [-0.25, -0.2) is 15.0 Å². The predicted molar refractivity (Wildman–Crippen MR) is 115 cm³/mol. The van der Waals surface area contributed by atoms with Crippen LogP contribution in [0.1, 0.15) is 65.8 Å². The van der Waals surface area contributed by atoms with Gasteiger partial charge in [0.25, 0.3) is 11.8 Å². The minimum absolute atomic E-state index is 0.171. The SMILES string of the molecule is C[C@H](O)[C@@H](CCCCCCN1C(=O)c2ccccc2C1=O)n1cnc2c(N)ncnc21. The quantitative estimate of drug-likeness (QED) is 0.401. The largest absolute Gasteiger partial charge is 0.391 e. The van der Waals surface area contributed by atoms with Gasteiger partial charge in [-0.05, 0) is 31.9 Å². The zero-order chi connectivity index (χ0) is 22.0. The Kier molecular flexibility index (Phi) is 5.94. The van der Waals surface area contributed by atoms with Crippen molar-refractivity contribution in [3.8, 4) is 0 Å². The molecule has 2 amide bonds. The Balaban J connectivity index is 1.28. The molecule has 2 atom stereocenters. The second-order valence-electron chi connectivity index (χ2n) is 7.90. The topological polar surface area (TPSA) is 127 Å². The monoisotopic (exact) mass is 422 g/mol. The number of benzene rings is 1. The summed E-state index contributed by atoms with van der Waals surface area (Å²) in [5.74, 6) is -0.0905. The number of hydrogen-bond donors (Lipinski definition) is 2. The van der Waals surface area contributed by atoms with Gasteiger partial charge in [0.05, 0.1) is 29.6 Å². The Labute approximate surface area is 179 Å². The number of aliphatic hydroxyl groups is 1. The van der Waals surface area contributed by atoms with Crippen LogP contribution in [0.15, 0.2) is 36.9 Å². The molecule has 9 nitrogen and oxygen atoms in total. The summed E-state index contributed by atoms with van der Waals surface area (Å²) in [6, 6.07) is 6.77. The average molecular weight is 422 g/mol. The number of rotatable bonds is 9. The molecule has 0 radical (unpaired) electrons. The number of hydrogen-bond acceptors (Lipinski definition) is 7. The van der Waals surface area contributed by atoms with Crippen LogP contribution in [0.4, 0.5) is 5.82 Å². The van der Waals surface area contributed by atoms with E-state index >= 15 is 0 Å². The molecule has 1 aromatic carbocycles. The number of aromatic nitrogens is 4. The van der Waals surface area contributed by atoms with Crippen LogP contribution in [-0.4, -0.2) is 54.0 Å². The number of nitrogens with zero attached hydrogens (tertiary/aromatic N) is 5. The van der Waals surface area contributed by atoms with E-state index in [2.05, 4.69) is 15.0 Å². The van der Waals surface area contributed by atoms with Crippen molar-refractivity contribution in [2.24, 2.45) is 0 Å². The molecule has 162 valence electrons. The molecular weight excluding hydrogens is 396 g/mol. The van der Waals surface area contributed by atoms with Gasteiger partial charge in [-0.1, -0.05) is 31.4 Å². The van der Waals surface area contributed by atoms with Gasteiger partial charge in [0.2, 0.25) is 0 Å². The normalized spacial score (nSPS) is 15.5. The van der Waals surface area contributed by atoms with E-state index in [1.807, 2.05) is 4.57 Å². The number of imide groups is 1. The molecular formula is C22H26N6O3. The van der Waals surface area contributed by atoms with Crippen molar-refractivity contribution >= 4 is 28.8 Å². The fourth-order valence-corrected chi connectivity index (χ4v) is 4.14. The molecule has 1 aliphatic rings. The molecule has 0 fully saturated rings. The van der Waals surface area contributed by atoms with Gasteiger partial charge in [0.1, 0.15) is 11.8 Å². The molecule has 3 N–H and O–H groups in total. The molecule has 9 heteroatoms. The number of nitrogen functional groups attached to an aromatic ring is 1. The van der Waals surface area contributed by atoms with Crippen LogP contribution < -0.4 is 5.73 Å². The maximum Gasteiger partial charge on any atom is 0.261 e. The third-order valence-electron chi connectivity index (χ3n) is 5.81. The van der Waals surface area contributed by atoms with Crippen LogP contribution >= 0.6 is 0 Å². The summed E-state index contributed by atoms with van der Waals surface area (Å²) < 4.78 is 1.86. The first-order valence-electron chi connectivity index (χ1n) is 10.6. The molecule has 0 spiro atoms. The summed E-state index contributed by atoms with van der Waals surface area (Å²) in [5, 5.41) is 10.3. The summed E-state index contributed by atoms with van der Waals surface area (Å²) in [6.07, 6.45) is 6.67. The van der Waals surface area contributed by atoms with Crippen molar-refractivity contribution in [2.45, 2.75) is 51.2 Å². The Morgan fingerprint density at radius 2 is 1.68 bits per heavy atom. The average Bonchev–Trinajstić information content (AvgIpc) is 3.29. The van der Waals surface area contributed by atoms with E-state index < -0.39 is 6.10 Å². The number of anilines is 1. The third-order valence-corrected chi connectivity index (χ3v) is 5.81. The Morgan fingerprint density at radius 1 is 1.00 bits per heavy atom. The van der Waals surface area contributed by atoms with E-state index in [-0.39, 0.29) is 17.9 Å².